The Labute approximate surface area is 198 Å². The average Bonchev–Trinajstić information content (AvgIpc) is 3.45. The summed E-state index contributed by atoms with van der Waals surface area (Å²) in [4.78, 5) is 28.3. The van der Waals surface area contributed by atoms with Crippen LogP contribution in [-0.4, -0.2) is 35.1 Å². The third kappa shape index (κ3) is 4.63. The lowest BCUT2D eigenvalue weighted by Gasteiger charge is -2.14. The number of para-hydroxylation sites is 2. The molecule has 1 aliphatic rings. The smallest absolute Gasteiger partial charge is 0.387 e. The van der Waals surface area contributed by atoms with E-state index in [0.29, 0.717) is 18.8 Å². The highest BCUT2D eigenvalue weighted by atomic mass is 32.1. The van der Waals surface area contributed by atoms with Gasteiger partial charge in [-0.15, -0.1) is 11.3 Å². The molecule has 0 N–H and O–H groups in total. The number of hydrogen-bond donors (Lipinski definition) is 0. The van der Waals surface area contributed by atoms with Gasteiger partial charge in [0.15, 0.2) is 5.57 Å². The van der Waals surface area contributed by atoms with Crippen LogP contribution in [0.5, 0.6) is 5.75 Å². The van der Waals surface area contributed by atoms with Gasteiger partial charge in [0.25, 0.3) is 11.5 Å². The van der Waals surface area contributed by atoms with Crippen molar-refractivity contribution in [3.63, 3.8) is 0 Å². The zero-order valence-electron chi connectivity index (χ0n) is 18.3. The number of ether oxygens (including phenoxy) is 1. The number of likely N-dealkylation sites (tertiary alicyclic amines) is 1. The maximum atomic E-state index is 13.6. The molecule has 0 atom stereocenters. The fourth-order valence-electron chi connectivity index (χ4n) is 3.89. The van der Waals surface area contributed by atoms with E-state index in [2.05, 4.69) is 4.74 Å². The molecule has 0 saturated carbocycles. The number of hydrogen-bond acceptors (Lipinski definition) is 5. The molecular weight excluding hydrogens is 460 g/mol. The minimum Gasteiger partial charge on any atom is -0.434 e. The van der Waals surface area contributed by atoms with Crippen molar-refractivity contribution in [2.45, 2.75) is 26.4 Å². The van der Waals surface area contributed by atoms with Crippen molar-refractivity contribution in [2.24, 2.45) is 0 Å². The number of nitriles is 1. The van der Waals surface area contributed by atoms with Crippen LogP contribution in [0.2, 0.25) is 0 Å². The van der Waals surface area contributed by atoms with Gasteiger partial charge in [-0.1, -0.05) is 36.4 Å². The summed E-state index contributed by atoms with van der Waals surface area (Å²) in [7, 11) is 0. The number of amides is 1. The summed E-state index contributed by atoms with van der Waals surface area (Å²) in [5.41, 5.74) is 1.03. The van der Waals surface area contributed by atoms with Crippen molar-refractivity contribution >= 4 is 28.9 Å². The van der Waals surface area contributed by atoms with E-state index < -0.39 is 18.1 Å². The first-order valence-corrected chi connectivity index (χ1v) is 11.5. The van der Waals surface area contributed by atoms with E-state index in [9.17, 15) is 23.6 Å². The Morgan fingerprint density at radius 3 is 2.50 bits per heavy atom. The zero-order chi connectivity index (χ0) is 24.2. The maximum Gasteiger partial charge on any atom is 0.387 e. The molecule has 1 aromatic heterocycles. The van der Waals surface area contributed by atoms with Crippen molar-refractivity contribution < 1.29 is 18.3 Å². The highest BCUT2D eigenvalue weighted by Crippen LogP contribution is 2.21. The number of carbonyl (C=O) groups is 1. The number of aryl methyl sites for hydroxylation is 1. The van der Waals surface area contributed by atoms with Crippen LogP contribution in [0.1, 0.15) is 24.0 Å². The Balaban J connectivity index is 2.02. The molecule has 0 radical (unpaired) electrons. The molecule has 174 valence electrons. The van der Waals surface area contributed by atoms with Crippen LogP contribution < -0.4 is 19.5 Å². The van der Waals surface area contributed by atoms with Crippen molar-refractivity contribution in [2.75, 3.05) is 13.1 Å². The van der Waals surface area contributed by atoms with Gasteiger partial charge in [-0.25, -0.2) is 0 Å². The second-order valence-electron chi connectivity index (χ2n) is 7.75. The molecule has 1 fully saturated rings. The Morgan fingerprint density at radius 2 is 1.82 bits per heavy atom. The van der Waals surface area contributed by atoms with Crippen LogP contribution in [0, 0.1) is 18.3 Å². The quantitative estimate of drug-likeness (QED) is 0.562. The SMILES string of the molecule is Cc1ccccc1-n1c(=C(C#N)C(=O)N2CCCC2)sc(=Cc2ccccc2OC(F)F)c1=O. The number of thiazole rings is 1. The first kappa shape index (κ1) is 23.4. The lowest BCUT2D eigenvalue weighted by molar-refractivity contribution is -0.123. The molecule has 0 bridgehead atoms. The molecule has 6 nitrogen and oxygen atoms in total. The van der Waals surface area contributed by atoms with E-state index >= 15 is 0 Å². The molecule has 9 heteroatoms. The first-order valence-electron chi connectivity index (χ1n) is 10.7. The number of carbonyl (C=O) groups excluding carboxylic acids is 1. The summed E-state index contributed by atoms with van der Waals surface area (Å²) in [5, 5.41) is 9.93. The summed E-state index contributed by atoms with van der Waals surface area (Å²) in [6.07, 6.45) is 3.16. The van der Waals surface area contributed by atoms with Crippen LogP contribution in [0.3, 0.4) is 0 Å². The van der Waals surface area contributed by atoms with E-state index in [1.165, 1.54) is 16.7 Å². The van der Waals surface area contributed by atoms with Crippen LogP contribution in [0.15, 0.2) is 53.3 Å². The summed E-state index contributed by atoms with van der Waals surface area (Å²) < 4.78 is 32.1. The van der Waals surface area contributed by atoms with Crippen molar-refractivity contribution in [1.29, 1.82) is 5.26 Å². The van der Waals surface area contributed by atoms with Gasteiger partial charge in [-0.2, -0.15) is 14.0 Å². The van der Waals surface area contributed by atoms with Gasteiger partial charge in [0.2, 0.25) is 0 Å². The first-order chi connectivity index (χ1) is 16.4. The fourth-order valence-corrected chi connectivity index (χ4v) is 4.97. The summed E-state index contributed by atoms with van der Waals surface area (Å²) >= 11 is 0.977. The molecule has 1 amide bonds. The number of halogens is 2. The number of aromatic nitrogens is 1. The molecule has 0 unspecified atom stereocenters. The lowest BCUT2D eigenvalue weighted by atomic mass is 10.2. The van der Waals surface area contributed by atoms with Gasteiger partial charge in [-0.05, 0) is 43.5 Å². The Morgan fingerprint density at radius 1 is 1.15 bits per heavy atom. The van der Waals surface area contributed by atoms with Crippen LogP contribution in [-0.2, 0) is 4.79 Å². The summed E-state index contributed by atoms with van der Waals surface area (Å²) in [6.45, 7) is -0.0799. The summed E-state index contributed by atoms with van der Waals surface area (Å²) in [5.74, 6) is -0.497. The average molecular weight is 482 g/mol. The Hall–Kier alpha value is -3.77. The minimum absolute atomic E-state index is 0.0769. The standard InChI is InChI=1S/C25H21F2N3O3S/c1-16-8-2-4-10-19(16)30-23(32)21(14-17-9-3-5-11-20(17)33-25(26)27)34-24(30)18(15-28)22(31)29-12-6-7-13-29/h2-5,8-11,14,25H,6-7,12-13H2,1H3. The van der Waals surface area contributed by atoms with Gasteiger partial charge in [0, 0.05) is 18.7 Å². The topological polar surface area (TPSA) is 75.3 Å². The second-order valence-corrected chi connectivity index (χ2v) is 8.78. The largest absolute Gasteiger partial charge is 0.434 e. The van der Waals surface area contributed by atoms with Crippen LogP contribution in [0.25, 0.3) is 17.3 Å². The van der Waals surface area contributed by atoms with E-state index in [1.54, 1.807) is 35.2 Å². The molecule has 0 aliphatic carbocycles. The van der Waals surface area contributed by atoms with Gasteiger partial charge in [0.1, 0.15) is 16.5 Å². The number of benzene rings is 2. The molecular formula is C25H21F2N3O3S. The molecule has 3 aromatic rings. The summed E-state index contributed by atoms with van der Waals surface area (Å²) in [6, 6.07) is 15.3. The molecule has 2 heterocycles. The molecule has 1 saturated heterocycles. The minimum atomic E-state index is -3.02. The highest BCUT2D eigenvalue weighted by molar-refractivity contribution is 7.07. The second kappa shape index (κ2) is 10.0. The third-order valence-corrected chi connectivity index (χ3v) is 6.63. The van der Waals surface area contributed by atoms with E-state index in [0.717, 1.165) is 29.7 Å². The fraction of sp³-hybridized carbons (Fsp3) is 0.240. The molecule has 2 aromatic carbocycles. The van der Waals surface area contributed by atoms with Crippen molar-refractivity contribution in [1.82, 2.24) is 9.47 Å². The van der Waals surface area contributed by atoms with Crippen molar-refractivity contribution in [3.8, 4) is 17.5 Å². The van der Waals surface area contributed by atoms with Gasteiger partial charge in [0.05, 0.1) is 10.2 Å². The van der Waals surface area contributed by atoms with Gasteiger partial charge < -0.3 is 9.64 Å². The monoisotopic (exact) mass is 481 g/mol. The highest BCUT2D eigenvalue weighted by Gasteiger charge is 2.25. The van der Waals surface area contributed by atoms with Crippen LogP contribution in [0.4, 0.5) is 8.78 Å². The molecule has 4 rings (SSSR count). The van der Waals surface area contributed by atoms with Gasteiger partial charge in [-0.3, -0.25) is 14.2 Å². The van der Waals surface area contributed by atoms with Crippen LogP contribution >= 0.6 is 11.3 Å². The normalized spacial score (nSPS) is 14.9. The maximum absolute atomic E-state index is 13.6. The van der Waals surface area contributed by atoms with Crippen molar-refractivity contribution in [3.05, 3.63) is 79.2 Å². The predicted octanol–water partition coefficient (Wildman–Crippen LogP) is 2.93. The third-order valence-electron chi connectivity index (χ3n) is 5.53. The molecule has 1 aliphatic heterocycles. The molecule has 34 heavy (non-hydrogen) atoms. The zero-order valence-corrected chi connectivity index (χ0v) is 19.1. The van der Waals surface area contributed by atoms with E-state index in [-0.39, 0.29) is 26.1 Å². The number of nitrogens with zero attached hydrogens (tertiary/aromatic N) is 3. The molecule has 0 spiro atoms. The Kier molecular flexibility index (Phi) is 6.89. The number of rotatable bonds is 5. The Bertz CT molecular complexity index is 1450. The van der Waals surface area contributed by atoms with E-state index in [1.807, 2.05) is 25.1 Å². The van der Waals surface area contributed by atoms with E-state index in [4.69, 9.17) is 0 Å². The van der Waals surface area contributed by atoms with Gasteiger partial charge >= 0.3 is 6.61 Å². The predicted molar refractivity (Wildman–Crippen MR) is 125 cm³/mol. The lowest BCUT2D eigenvalue weighted by Crippen LogP contribution is -2.35. The number of alkyl halides is 2.